The Bertz CT molecular complexity index is 398. The molecule has 0 aliphatic carbocycles. The fourth-order valence-electron chi connectivity index (χ4n) is 2.69. The third kappa shape index (κ3) is 5.48. The van der Waals surface area contributed by atoms with Gasteiger partial charge in [0.15, 0.2) is 0 Å². The van der Waals surface area contributed by atoms with Gasteiger partial charge in [0.1, 0.15) is 0 Å². The zero-order valence-electron chi connectivity index (χ0n) is 13.4. The van der Waals surface area contributed by atoms with Gasteiger partial charge in [-0.1, -0.05) is 33.6 Å². The Morgan fingerprint density at radius 2 is 1.81 bits per heavy atom. The lowest BCUT2D eigenvalue weighted by Gasteiger charge is -2.27. The maximum Gasteiger partial charge on any atom is 0.303 e. The molecule has 0 aromatic rings. The molecule has 5 heteroatoms. The fraction of sp³-hybridized carbons (Fsp3) is 0.812. The summed E-state index contributed by atoms with van der Waals surface area (Å²) in [5.41, 5.74) is -0.633. The molecule has 21 heavy (non-hydrogen) atoms. The number of aliphatic carboxylic acids is 1. The summed E-state index contributed by atoms with van der Waals surface area (Å²) in [5, 5.41) is 8.59. The van der Waals surface area contributed by atoms with Crippen LogP contribution in [-0.4, -0.2) is 40.3 Å². The van der Waals surface area contributed by atoms with E-state index in [9.17, 15) is 14.4 Å². The van der Waals surface area contributed by atoms with Crippen LogP contribution in [0.15, 0.2) is 0 Å². The van der Waals surface area contributed by atoms with Crippen LogP contribution in [0.25, 0.3) is 0 Å². The van der Waals surface area contributed by atoms with Crippen LogP contribution in [0, 0.1) is 5.41 Å². The second-order valence-electron chi connectivity index (χ2n) is 6.87. The average Bonchev–Trinajstić information content (AvgIpc) is 2.83. The molecule has 1 N–H and O–H groups in total. The van der Waals surface area contributed by atoms with E-state index >= 15 is 0 Å². The first kappa shape index (κ1) is 17.7. The summed E-state index contributed by atoms with van der Waals surface area (Å²) in [6, 6.07) is 0.147. The SMILES string of the molecule is CC(C)(C)C(=O)C(=O)N1CCCC1CCCCCC(=O)O. The van der Waals surface area contributed by atoms with Crippen molar-refractivity contribution >= 4 is 17.7 Å². The monoisotopic (exact) mass is 297 g/mol. The molecule has 0 saturated carbocycles. The van der Waals surface area contributed by atoms with Gasteiger partial charge in [0.05, 0.1) is 0 Å². The summed E-state index contributed by atoms with van der Waals surface area (Å²) >= 11 is 0. The first-order chi connectivity index (χ1) is 9.73. The molecule has 1 unspecified atom stereocenters. The predicted octanol–water partition coefficient (Wildman–Crippen LogP) is 2.63. The number of ketones is 1. The first-order valence-corrected chi connectivity index (χ1v) is 7.80. The maximum absolute atomic E-state index is 12.3. The quantitative estimate of drug-likeness (QED) is 0.579. The number of hydrogen-bond acceptors (Lipinski definition) is 3. The van der Waals surface area contributed by atoms with Crippen LogP contribution in [0.1, 0.15) is 65.7 Å². The molecule has 1 atom stereocenters. The fourth-order valence-corrected chi connectivity index (χ4v) is 2.69. The van der Waals surface area contributed by atoms with Crippen LogP contribution >= 0.6 is 0 Å². The van der Waals surface area contributed by atoms with Gasteiger partial charge in [0.25, 0.3) is 5.91 Å². The Morgan fingerprint density at radius 3 is 2.38 bits per heavy atom. The van der Waals surface area contributed by atoms with Crippen LogP contribution in [-0.2, 0) is 14.4 Å². The van der Waals surface area contributed by atoms with Gasteiger partial charge in [-0.2, -0.15) is 0 Å². The Hall–Kier alpha value is -1.39. The van der Waals surface area contributed by atoms with Gasteiger partial charge in [-0.05, 0) is 25.7 Å². The van der Waals surface area contributed by atoms with Gasteiger partial charge in [0, 0.05) is 24.4 Å². The summed E-state index contributed by atoms with van der Waals surface area (Å²) in [4.78, 5) is 36.5. The molecule has 0 aromatic carbocycles. The molecule has 0 bridgehead atoms. The van der Waals surface area contributed by atoms with Crippen molar-refractivity contribution in [3.05, 3.63) is 0 Å². The number of unbranched alkanes of at least 4 members (excludes halogenated alkanes) is 2. The number of carboxylic acids is 1. The summed E-state index contributed by atoms with van der Waals surface area (Å²) in [6.45, 7) is 5.97. The smallest absolute Gasteiger partial charge is 0.303 e. The second kappa shape index (κ2) is 7.57. The number of likely N-dealkylation sites (tertiary alicyclic amines) is 1. The number of hydrogen-bond donors (Lipinski definition) is 1. The van der Waals surface area contributed by atoms with Crippen molar-refractivity contribution in [3.63, 3.8) is 0 Å². The van der Waals surface area contributed by atoms with Gasteiger partial charge in [-0.15, -0.1) is 0 Å². The normalized spacial score (nSPS) is 18.8. The van der Waals surface area contributed by atoms with E-state index in [0.29, 0.717) is 13.0 Å². The summed E-state index contributed by atoms with van der Waals surface area (Å²) in [7, 11) is 0. The van der Waals surface area contributed by atoms with Crippen molar-refractivity contribution in [1.29, 1.82) is 0 Å². The van der Waals surface area contributed by atoms with E-state index in [-0.39, 0.29) is 24.2 Å². The molecule has 1 saturated heterocycles. The lowest BCUT2D eigenvalue weighted by Crippen LogP contribution is -2.44. The summed E-state index contributed by atoms with van der Waals surface area (Å²) < 4.78 is 0. The van der Waals surface area contributed by atoms with E-state index in [2.05, 4.69) is 0 Å². The van der Waals surface area contributed by atoms with Crippen molar-refractivity contribution in [2.45, 2.75) is 71.8 Å². The van der Waals surface area contributed by atoms with Crippen LogP contribution in [0.4, 0.5) is 0 Å². The number of carbonyl (C=O) groups is 3. The van der Waals surface area contributed by atoms with Crippen molar-refractivity contribution in [2.24, 2.45) is 5.41 Å². The van der Waals surface area contributed by atoms with Crippen LogP contribution < -0.4 is 0 Å². The zero-order chi connectivity index (χ0) is 16.0. The van der Waals surface area contributed by atoms with E-state index in [1.54, 1.807) is 25.7 Å². The van der Waals surface area contributed by atoms with Gasteiger partial charge in [-0.25, -0.2) is 0 Å². The van der Waals surface area contributed by atoms with Crippen molar-refractivity contribution in [1.82, 2.24) is 4.90 Å². The van der Waals surface area contributed by atoms with Crippen LogP contribution in [0.2, 0.25) is 0 Å². The largest absolute Gasteiger partial charge is 0.481 e. The average molecular weight is 297 g/mol. The third-order valence-corrected chi connectivity index (χ3v) is 3.94. The Balaban J connectivity index is 2.43. The number of amides is 1. The molecule has 0 radical (unpaired) electrons. The maximum atomic E-state index is 12.3. The lowest BCUT2D eigenvalue weighted by atomic mass is 9.90. The highest BCUT2D eigenvalue weighted by Crippen LogP contribution is 2.25. The van der Waals surface area contributed by atoms with Gasteiger partial charge in [-0.3, -0.25) is 14.4 Å². The number of rotatable bonds is 7. The molecule has 5 nitrogen and oxygen atoms in total. The molecule has 1 heterocycles. The second-order valence-corrected chi connectivity index (χ2v) is 6.87. The Kier molecular flexibility index (Phi) is 6.37. The molecule has 1 rings (SSSR count). The number of carboxylic acid groups (broad SMARTS) is 1. The molecule has 1 amide bonds. The molecule has 1 aliphatic rings. The third-order valence-electron chi connectivity index (χ3n) is 3.94. The minimum Gasteiger partial charge on any atom is -0.481 e. The van der Waals surface area contributed by atoms with E-state index in [1.165, 1.54) is 0 Å². The number of Topliss-reactive ketones (excluding diaryl/α,β-unsaturated/α-hetero) is 1. The van der Waals surface area contributed by atoms with Gasteiger partial charge >= 0.3 is 5.97 Å². The molecular weight excluding hydrogens is 270 g/mol. The molecule has 1 fully saturated rings. The van der Waals surface area contributed by atoms with Gasteiger partial charge in [0.2, 0.25) is 5.78 Å². The first-order valence-electron chi connectivity index (χ1n) is 7.80. The van der Waals surface area contributed by atoms with Gasteiger partial charge < -0.3 is 10.0 Å². The van der Waals surface area contributed by atoms with Crippen LogP contribution in [0.3, 0.4) is 0 Å². The molecule has 1 aliphatic heterocycles. The standard InChI is InChI=1S/C16H27NO4/c1-16(2,3)14(20)15(21)17-11-7-9-12(17)8-5-4-6-10-13(18)19/h12H,4-11H2,1-3H3,(H,18,19). The highest BCUT2D eigenvalue weighted by molar-refractivity contribution is 6.37. The summed E-state index contributed by atoms with van der Waals surface area (Å²) in [5.74, 6) is -1.43. The predicted molar refractivity (Wildman–Crippen MR) is 79.9 cm³/mol. The Labute approximate surface area is 126 Å². The summed E-state index contributed by atoms with van der Waals surface area (Å²) in [6.07, 6.45) is 5.41. The molecular formula is C16H27NO4. The van der Waals surface area contributed by atoms with Crippen molar-refractivity contribution in [2.75, 3.05) is 6.54 Å². The lowest BCUT2D eigenvalue weighted by molar-refractivity contribution is -0.149. The van der Waals surface area contributed by atoms with E-state index in [4.69, 9.17) is 5.11 Å². The Morgan fingerprint density at radius 1 is 1.14 bits per heavy atom. The number of nitrogens with zero attached hydrogens (tertiary/aromatic N) is 1. The van der Waals surface area contributed by atoms with Crippen molar-refractivity contribution < 1.29 is 19.5 Å². The zero-order valence-corrected chi connectivity index (χ0v) is 13.4. The minimum absolute atomic E-state index is 0.147. The minimum atomic E-state index is -0.761. The van der Waals surface area contributed by atoms with E-state index in [1.807, 2.05) is 0 Å². The number of carbonyl (C=O) groups excluding carboxylic acids is 2. The van der Waals surface area contributed by atoms with E-state index in [0.717, 1.165) is 32.1 Å². The van der Waals surface area contributed by atoms with E-state index < -0.39 is 11.4 Å². The topological polar surface area (TPSA) is 74.7 Å². The molecule has 120 valence electrons. The molecule has 0 aromatic heterocycles. The van der Waals surface area contributed by atoms with Crippen LogP contribution in [0.5, 0.6) is 0 Å². The van der Waals surface area contributed by atoms with Crippen molar-refractivity contribution in [3.8, 4) is 0 Å². The molecule has 0 spiro atoms. The highest BCUT2D eigenvalue weighted by atomic mass is 16.4. The highest BCUT2D eigenvalue weighted by Gasteiger charge is 2.36.